The first kappa shape index (κ1) is 26.9. The van der Waals surface area contributed by atoms with Crippen LogP contribution in [0.1, 0.15) is 128 Å². The quantitative estimate of drug-likeness (QED) is 0.346. The second kappa shape index (κ2) is 11.7. The van der Waals surface area contributed by atoms with Crippen LogP contribution in [0.25, 0.3) is 0 Å². The molecule has 7 fully saturated rings. The van der Waals surface area contributed by atoms with Crippen LogP contribution in [0.5, 0.6) is 0 Å². The highest BCUT2D eigenvalue weighted by Gasteiger charge is 2.56. The Balaban J connectivity index is 1.02. The molecule has 38 heavy (non-hydrogen) atoms. The van der Waals surface area contributed by atoms with E-state index < -0.39 is 0 Å². The number of carbonyl (C=O) groups excluding carboxylic acids is 2. The first-order chi connectivity index (χ1) is 18.7. The minimum atomic E-state index is 0.0491. The van der Waals surface area contributed by atoms with Gasteiger partial charge in [0.05, 0.1) is 0 Å². The first-order valence-electron chi connectivity index (χ1n) is 17.0. The Morgan fingerprint density at radius 1 is 0.421 bits per heavy atom. The third-order valence-corrected chi connectivity index (χ3v) is 16.2. The van der Waals surface area contributed by atoms with Crippen LogP contribution in [0, 0.1) is 47.3 Å². The molecular formula is C34H52O2S2. The molecule has 7 rings (SSSR count). The van der Waals surface area contributed by atoms with Crippen LogP contribution in [0.4, 0.5) is 0 Å². The molecule has 7 saturated carbocycles. The molecule has 0 bridgehead atoms. The van der Waals surface area contributed by atoms with Crippen LogP contribution < -0.4 is 0 Å². The van der Waals surface area contributed by atoms with Crippen LogP contribution in [-0.4, -0.2) is 32.6 Å². The van der Waals surface area contributed by atoms with Crippen molar-refractivity contribution >= 4 is 35.1 Å². The van der Waals surface area contributed by atoms with E-state index in [1.54, 1.807) is 0 Å². The number of Topliss-reactive ketones (excluding diaryl/α,β-unsaturated/α-hetero) is 2. The molecule has 0 aromatic heterocycles. The van der Waals surface area contributed by atoms with E-state index in [-0.39, 0.29) is 23.7 Å². The number of thioether (sulfide) groups is 2. The SMILES string of the molecule is O=C1C2CCCC(SC3CCC4CCCCC4C3)C2C(=O)C2CCCC(SC3CCC4CCCCC4C3)C12. The van der Waals surface area contributed by atoms with Gasteiger partial charge in [0.1, 0.15) is 11.6 Å². The maximum atomic E-state index is 14.3. The molecule has 0 radical (unpaired) electrons. The lowest BCUT2D eigenvalue weighted by molar-refractivity contribution is -0.150. The Bertz CT molecular complexity index is 803. The van der Waals surface area contributed by atoms with Gasteiger partial charge in [-0.05, 0) is 87.9 Å². The summed E-state index contributed by atoms with van der Waals surface area (Å²) in [7, 11) is 0. The van der Waals surface area contributed by atoms with Gasteiger partial charge in [0.2, 0.25) is 0 Å². The summed E-state index contributed by atoms with van der Waals surface area (Å²) >= 11 is 4.38. The zero-order valence-corrected chi connectivity index (χ0v) is 25.3. The molecule has 0 N–H and O–H groups in total. The van der Waals surface area contributed by atoms with E-state index in [1.807, 2.05) is 0 Å². The molecule has 0 aromatic carbocycles. The molecular weight excluding hydrogens is 505 g/mol. The maximum absolute atomic E-state index is 14.3. The van der Waals surface area contributed by atoms with Crippen molar-refractivity contribution in [2.75, 3.05) is 0 Å². The summed E-state index contributed by atoms with van der Waals surface area (Å²) in [5.41, 5.74) is 0. The highest BCUT2D eigenvalue weighted by atomic mass is 32.2. The molecule has 4 heteroatoms. The Kier molecular flexibility index (Phi) is 8.31. The predicted octanol–water partition coefficient (Wildman–Crippen LogP) is 8.89. The van der Waals surface area contributed by atoms with E-state index in [2.05, 4.69) is 23.5 Å². The van der Waals surface area contributed by atoms with Gasteiger partial charge >= 0.3 is 0 Å². The van der Waals surface area contributed by atoms with Crippen LogP contribution in [0.2, 0.25) is 0 Å². The summed E-state index contributed by atoms with van der Waals surface area (Å²) in [6, 6.07) is 0. The van der Waals surface area contributed by atoms with E-state index in [0.29, 0.717) is 22.1 Å². The van der Waals surface area contributed by atoms with Gasteiger partial charge in [-0.3, -0.25) is 9.59 Å². The van der Waals surface area contributed by atoms with Crippen molar-refractivity contribution in [2.45, 2.75) is 149 Å². The van der Waals surface area contributed by atoms with Crippen molar-refractivity contribution in [1.82, 2.24) is 0 Å². The molecule has 0 saturated heterocycles. The largest absolute Gasteiger partial charge is 0.299 e. The molecule has 12 atom stereocenters. The van der Waals surface area contributed by atoms with E-state index in [4.69, 9.17) is 0 Å². The molecule has 0 amide bonds. The number of hydrogen-bond acceptors (Lipinski definition) is 4. The zero-order valence-electron chi connectivity index (χ0n) is 23.7. The van der Waals surface area contributed by atoms with Gasteiger partial charge in [0.25, 0.3) is 0 Å². The van der Waals surface area contributed by atoms with E-state index in [9.17, 15) is 9.59 Å². The molecule has 0 spiro atoms. The lowest BCUT2D eigenvalue weighted by Crippen LogP contribution is -2.56. The van der Waals surface area contributed by atoms with Gasteiger partial charge in [-0.15, -0.1) is 0 Å². The molecule has 7 aliphatic carbocycles. The summed E-state index contributed by atoms with van der Waals surface area (Å²) in [6.07, 6.45) is 26.6. The predicted molar refractivity (Wildman–Crippen MR) is 161 cm³/mol. The first-order valence-corrected chi connectivity index (χ1v) is 18.9. The minimum Gasteiger partial charge on any atom is -0.299 e. The van der Waals surface area contributed by atoms with Gasteiger partial charge in [0.15, 0.2) is 0 Å². The Hall–Kier alpha value is 0.0400. The maximum Gasteiger partial charge on any atom is 0.141 e. The lowest BCUT2D eigenvalue weighted by Gasteiger charge is -2.50. The lowest BCUT2D eigenvalue weighted by atomic mass is 9.58. The number of ketones is 2. The fraction of sp³-hybridized carbons (Fsp3) is 0.941. The number of fused-ring (bicyclic) bond motifs is 4. The smallest absolute Gasteiger partial charge is 0.141 e. The van der Waals surface area contributed by atoms with Gasteiger partial charge in [-0.25, -0.2) is 0 Å². The average Bonchev–Trinajstić information content (AvgIpc) is 2.95. The number of rotatable bonds is 4. The second-order valence-corrected chi connectivity index (χ2v) is 17.8. The average molecular weight is 557 g/mol. The monoisotopic (exact) mass is 556 g/mol. The summed E-state index contributed by atoms with van der Waals surface area (Å²) in [4.78, 5) is 28.5. The fourth-order valence-corrected chi connectivity index (χ4v) is 14.8. The topological polar surface area (TPSA) is 34.1 Å². The minimum absolute atomic E-state index is 0.0491. The highest BCUT2D eigenvalue weighted by Crippen LogP contribution is 2.55. The van der Waals surface area contributed by atoms with Crippen molar-refractivity contribution in [3.63, 3.8) is 0 Å². The van der Waals surface area contributed by atoms with Crippen LogP contribution in [0.15, 0.2) is 0 Å². The molecule has 0 aliphatic heterocycles. The van der Waals surface area contributed by atoms with Crippen molar-refractivity contribution in [3.05, 3.63) is 0 Å². The number of carbonyl (C=O) groups is 2. The summed E-state index contributed by atoms with van der Waals surface area (Å²) in [6.45, 7) is 0. The molecule has 0 heterocycles. The molecule has 12 unspecified atom stereocenters. The summed E-state index contributed by atoms with van der Waals surface area (Å²) in [5.74, 6) is 5.17. The fourth-order valence-electron chi connectivity index (χ4n) is 10.9. The van der Waals surface area contributed by atoms with Crippen LogP contribution in [0.3, 0.4) is 0 Å². The van der Waals surface area contributed by atoms with Crippen LogP contribution >= 0.6 is 23.5 Å². The van der Waals surface area contributed by atoms with Gasteiger partial charge in [-0.2, -0.15) is 23.5 Å². The molecule has 7 aliphatic rings. The standard InChI is InChI=1S/C34H52O2S2/c35-33-28-12-6-14-30(38-26-18-16-22-8-2-4-10-24(22)20-26)32(28)34(36)27-11-5-13-29(31(27)33)37-25-17-15-21-7-1-3-9-23(21)19-25/h21-32H,1-20H2. The molecule has 2 nitrogen and oxygen atoms in total. The third-order valence-electron chi connectivity index (χ3n) is 12.8. The van der Waals surface area contributed by atoms with Crippen molar-refractivity contribution < 1.29 is 9.59 Å². The van der Waals surface area contributed by atoms with Crippen molar-refractivity contribution in [2.24, 2.45) is 47.3 Å². The zero-order chi connectivity index (χ0) is 25.6. The Labute approximate surface area is 240 Å². The van der Waals surface area contributed by atoms with Gasteiger partial charge in [-0.1, -0.05) is 64.2 Å². The van der Waals surface area contributed by atoms with E-state index in [0.717, 1.165) is 59.9 Å². The van der Waals surface area contributed by atoms with Gasteiger partial charge in [0, 0.05) is 44.7 Å². The van der Waals surface area contributed by atoms with Crippen molar-refractivity contribution in [3.8, 4) is 0 Å². The number of hydrogen-bond donors (Lipinski definition) is 0. The van der Waals surface area contributed by atoms with Crippen molar-refractivity contribution in [1.29, 1.82) is 0 Å². The summed E-state index contributed by atoms with van der Waals surface area (Å²) in [5, 5.41) is 2.32. The van der Waals surface area contributed by atoms with Crippen LogP contribution in [-0.2, 0) is 9.59 Å². The van der Waals surface area contributed by atoms with E-state index in [1.165, 1.54) is 103 Å². The second-order valence-electron chi connectivity index (χ2n) is 14.8. The van der Waals surface area contributed by atoms with E-state index >= 15 is 0 Å². The van der Waals surface area contributed by atoms with Gasteiger partial charge < -0.3 is 0 Å². The Morgan fingerprint density at radius 3 is 1.29 bits per heavy atom. The summed E-state index contributed by atoms with van der Waals surface area (Å²) < 4.78 is 0. The Morgan fingerprint density at radius 2 is 0.842 bits per heavy atom. The highest BCUT2D eigenvalue weighted by molar-refractivity contribution is 8.00. The molecule has 0 aromatic rings. The third kappa shape index (κ3) is 5.22. The molecule has 212 valence electrons. The normalized spacial score (nSPS) is 49.4.